The van der Waals surface area contributed by atoms with Crippen LogP contribution in [0.15, 0.2) is 41.2 Å². The average Bonchev–Trinajstić information content (AvgIpc) is 2.41. The molecule has 0 fully saturated rings. The Labute approximate surface area is 127 Å². The smallest absolute Gasteiger partial charge is 0.263 e. The molecule has 0 atom stereocenters. The van der Waals surface area contributed by atoms with Crippen molar-refractivity contribution in [2.75, 3.05) is 0 Å². The zero-order chi connectivity index (χ0) is 15.6. The molecule has 0 bridgehead atoms. The molecule has 1 aromatic heterocycles. The Hall–Kier alpha value is -1.94. The van der Waals surface area contributed by atoms with E-state index in [9.17, 15) is 14.0 Å². The molecular weight excluding hydrogens is 293 g/mol. The van der Waals surface area contributed by atoms with Crippen molar-refractivity contribution < 1.29 is 9.18 Å². The van der Waals surface area contributed by atoms with Gasteiger partial charge in [0.05, 0.1) is 11.3 Å². The number of nitrogens with zero attached hydrogens (tertiary/aromatic N) is 1. The van der Waals surface area contributed by atoms with Gasteiger partial charge < -0.3 is 4.57 Å². The molecule has 0 spiro atoms. The summed E-state index contributed by atoms with van der Waals surface area (Å²) in [6.45, 7) is 4.38. The summed E-state index contributed by atoms with van der Waals surface area (Å²) in [5, 5.41) is -0.775. The van der Waals surface area contributed by atoms with Crippen molar-refractivity contribution >= 4 is 16.8 Å². The van der Waals surface area contributed by atoms with E-state index in [1.54, 1.807) is 18.2 Å². The summed E-state index contributed by atoms with van der Waals surface area (Å²) in [4.78, 5) is 23.7. The second kappa shape index (κ2) is 6.22. The van der Waals surface area contributed by atoms with E-state index in [0.29, 0.717) is 17.8 Å². The van der Waals surface area contributed by atoms with Crippen molar-refractivity contribution in [3.05, 3.63) is 58.1 Å². The quantitative estimate of drug-likeness (QED) is 0.808. The predicted molar refractivity (Wildman–Crippen MR) is 81.1 cm³/mol. The first-order valence-corrected chi connectivity index (χ1v) is 6.97. The molecule has 0 N–H and O–H groups in total. The lowest BCUT2D eigenvalue weighted by Gasteiger charge is -2.16. The number of aromatic nitrogens is 1. The van der Waals surface area contributed by atoms with E-state index in [2.05, 4.69) is 0 Å². The summed E-state index contributed by atoms with van der Waals surface area (Å²) in [5.41, 5.74) is 0.867. The molecule has 1 heterocycles. The maximum Gasteiger partial charge on any atom is 0.263 e. The molecule has 0 aliphatic carbocycles. The molecule has 5 heteroatoms. The van der Waals surface area contributed by atoms with Gasteiger partial charge in [0, 0.05) is 6.54 Å². The molecule has 0 saturated heterocycles. The van der Waals surface area contributed by atoms with Crippen molar-refractivity contribution in [1.82, 2.24) is 4.57 Å². The monoisotopic (exact) mass is 307 g/mol. The summed E-state index contributed by atoms with van der Waals surface area (Å²) in [6.07, 6.45) is 0. The minimum atomic E-state index is -0.775. The molecule has 3 nitrogen and oxygen atoms in total. The number of carbonyl (C=O) groups is 1. The second-order valence-electron chi connectivity index (χ2n) is 5.22. The molecule has 2 rings (SSSR count). The topological polar surface area (TPSA) is 39.1 Å². The highest BCUT2D eigenvalue weighted by Gasteiger charge is 2.15. The van der Waals surface area contributed by atoms with Gasteiger partial charge in [-0.1, -0.05) is 13.8 Å². The molecule has 0 aliphatic heterocycles. The highest BCUT2D eigenvalue weighted by Crippen LogP contribution is 2.20. The molecule has 0 saturated carbocycles. The fourth-order valence-electron chi connectivity index (χ4n) is 2.15. The van der Waals surface area contributed by atoms with Crippen molar-refractivity contribution in [2.24, 2.45) is 5.92 Å². The van der Waals surface area contributed by atoms with Gasteiger partial charge in [0.1, 0.15) is 5.82 Å². The van der Waals surface area contributed by atoms with Gasteiger partial charge in [0.2, 0.25) is 0 Å². The minimum absolute atomic E-state index is 0.0526. The maximum absolute atomic E-state index is 13.0. The van der Waals surface area contributed by atoms with Crippen LogP contribution < -0.4 is 5.56 Å². The average molecular weight is 308 g/mol. The molecule has 2 aromatic rings. The van der Waals surface area contributed by atoms with Crippen LogP contribution in [0.3, 0.4) is 0 Å². The van der Waals surface area contributed by atoms with E-state index < -0.39 is 10.8 Å². The Kier molecular flexibility index (Phi) is 4.58. The lowest BCUT2D eigenvalue weighted by molar-refractivity contribution is 0.107. The van der Waals surface area contributed by atoms with Gasteiger partial charge in [-0.25, -0.2) is 4.39 Å². The summed E-state index contributed by atoms with van der Waals surface area (Å²) in [5.74, 6) is -0.133. The largest absolute Gasteiger partial charge is 0.307 e. The van der Waals surface area contributed by atoms with Crippen LogP contribution in [0.25, 0.3) is 11.3 Å². The van der Waals surface area contributed by atoms with E-state index in [4.69, 9.17) is 11.6 Å². The number of hydrogen-bond donors (Lipinski definition) is 0. The standard InChI is InChI=1S/C16H15ClFNO2/c1-10(2)9-19-14(11-3-5-12(18)6-4-11)8-7-13(15(17)20)16(19)21/h3-8,10H,9H2,1-2H3. The van der Waals surface area contributed by atoms with Crippen LogP contribution in [0.5, 0.6) is 0 Å². The van der Waals surface area contributed by atoms with E-state index in [0.717, 1.165) is 0 Å². The van der Waals surface area contributed by atoms with Gasteiger partial charge in [0.15, 0.2) is 0 Å². The molecule has 21 heavy (non-hydrogen) atoms. The Morgan fingerprint density at radius 1 is 1.19 bits per heavy atom. The predicted octanol–water partition coefficient (Wildman–Crippen LogP) is 3.69. The molecule has 0 unspecified atom stereocenters. The zero-order valence-electron chi connectivity index (χ0n) is 11.8. The van der Waals surface area contributed by atoms with Crippen LogP contribution in [0.4, 0.5) is 4.39 Å². The second-order valence-corrected chi connectivity index (χ2v) is 5.57. The van der Waals surface area contributed by atoms with Crippen molar-refractivity contribution in [3.63, 3.8) is 0 Å². The van der Waals surface area contributed by atoms with Gasteiger partial charge in [0.25, 0.3) is 10.8 Å². The highest BCUT2D eigenvalue weighted by molar-refractivity contribution is 6.67. The number of hydrogen-bond acceptors (Lipinski definition) is 2. The van der Waals surface area contributed by atoms with E-state index >= 15 is 0 Å². The van der Waals surface area contributed by atoms with Gasteiger partial charge in [-0.3, -0.25) is 9.59 Å². The molecule has 0 amide bonds. The number of pyridine rings is 1. The Balaban J connectivity index is 2.65. The van der Waals surface area contributed by atoms with Crippen LogP contribution in [0, 0.1) is 11.7 Å². The fourth-order valence-corrected chi connectivity index (χ4v) is 2.29. The zero-order valence-corrected chi connectivity index (χ0v) is 12.5. The third-order valence-electron chi connectivity index (χ3n) is 3.07. The summed E-state index contributed by atoms with van der Waals surface area (Å²) >= 11 is 5.43. The van der Waals surface area contributed by atoms with E-state index in [-0.39, 0.29) is 17.3 Å². The van der Waals surface area contributed by atoms with Gasteiger partial charge in [-0.15, -0.1) is 0 Å². The molecule has 0 aliphatic rings. The first kappa shape index (κ1) is 15.4. The number of rotatable bonds is 4. The van der Waals surface area contributed by atoms with Crippen LogP contribution in [-0.2, 0) is 6.54 Å². The van der Waals surface area contributed by atoms with Crippen molar-refractivity contribution in [2.45, 2.75) is 20.4 Å². The lowest BCUT2D eigenvalue weighted by Crippen LogP contribution is -2.28. The third kappa shape index (κ3) is 3.39. The van der Waals surface area contributed by atoms with E-state index in [1.165, 1.54) is 22.8 Å². The van der Waals surface area contributed by atoms with Crippen LogP contribution in [0.1, 0.15) is 24.2 Å². The van der Waals surface area contributed by atoms with Crippen molar-refractivity contribution in [1.29, 1.82) is 0 Å². The van der Waals surface area contributed by atoms with Crippen LogP contribution in [-0.4, -0.2) is 9.81 Å². The van der Waals surface area contributed by atoms with Gasteiger partial charge in [-0.2, -0.15) is 0 Å². The first-order valence-electron chi connectivity index (χ1n) is 6.59. The summed E-state index contributed by atoms with van der Waals surface area (Å²) in [6, 6.07) is 8.94. The number of carbonyl (C=O) groups excluding carboxylic acids is 1. The Morgan fingerprint density at radius 2 is 1.81 bits per heavy atom. The normalized spacial score (nSPS) is 10.9. The Morgan fingerprint density at radius 3 is 2.33 bits per heavy atom. The van der Waals surface area contributed by atoms with Gasteiger partial charge in [-0.05, 0) is 59.5 Å². The summed E-state index contributed by atoms with van der Waals surface area (Å²) in [7, 11) is 0. The molecule has 110 valence electrons. The lowest BCUT2D eigenvalue weighted by atomic mass is 10.1. The van der Waals surface area contributed by atoms with E-state index in [1.807, 2.05) is 13.8 Å². The molecular formula is C16H15ClFNO2. The molecule has 0 radical (unpaired) electrons. The summed E-state index contributed by atoms with van der Waals surface area (Å²) < 4.78 is 14.5. The SMILES string of the molecule is CC(C)Cn1c(-c2ccc(F)cc2)ccc(C(=O)Cl)c1=O. The molecule has 1 aromatic carbocycles. The number of benzene rings is 1. The maximum atomic E-state index is 13.0. The highest BCUT2D eigenvalue weighted by atomic mass is 35.5. The van der Waals surface area contributed by atoms with Crippen molar-refractivity contribution in [3.8, 4) is 11.3 Å². The fraction of sp³-hybridized carbons (Fsp3) is 0.250. The number of halogens is 2. The van der Waals surface area contributed by atoms with Crippen LogP contribution in [0.2, 0.25) is 0 Å². The minimum Gasteiger partial charge on any atom is -0.307 e. The third-order valence-corrected chi connectivity index (χ3v) is 3.28. The Bertz CT molecular complexity index is 720. The first-order chi connectivity index (χ1) is 9.90. The van der Waals surface area contributed by atoms with Crippen LogP contribution >= 0.6 is 11.6 Å². The van der Waals surface area contributed by atoms with Gasteiger partial charge >= 0.3 is 0 Å².